The van der Waals surface area contributed by atoms with Crippen molar-refractivity contribution < 1.29 is 24.2 Å². The Morgan fingerprint density at radius 1 is 1.29 bits per heavy atom. The first-order valence-electron chi connectivity index (χ1n) is 6.77. The van der Waals surface area contributed by atoms with E-state index in [1.54, 1.807) is 31.2 Å². The minimum Gasteiger partial charge on any atom is -0.493 e. The molecule has 21 heavy (non-hydrogen) atoms. The maximum absolute atomic E-state index is 11.8. The number of amides is 1. The van der Waals surface area contributed by atoms with E-state index in [4.69, 9.17) is 14.6 Å². The Morgan fingerprint density at radius 2 is 1.90 bits per heavy atom. The highest BCUT2D eigenvalue weighted by atomic mass is 16.5. The van der Waals surface area contributed by atoms with Crippen molar-refractivity contribution in [3.05, 3.63) is 24.3 Å². The Morgan fingerprint density at radius 3 is 2.43 bits per heavy atom. The Balaban J connectivity index is 2.59. The standard InChI is InChI=1S/C15H21NO5/c1-4-10(2)14(15(18)19)16-13(17)9-21-12-8-6-5-7-11(12)20-3/h5-8,10,14H,4,9H2,1-3H3,(H,16,17)(H,18,19)/t10-,14-/m0/s1. The van der Waals surface area contributed by atoms with Gasteiger partial charge in [-0.1, -0.05) is 32.4 Å². The number of carbonyl (C=O) groups is 2. The molecule has 0 aromatic heterocycles. The Kier molecular flexibility index (Phi) is 6.52. The molecule has 0 radical (unpaired) electrons. The number of methoxy groups -OCH3 is 1. The second kappa shape index (κ2) is 8.14. The van der Waals surface area contributed by atoms with Gasteiger partial charge >= 0.3 is 5.97 Å². The van der Waals surface area contributed by atoms with Crippen LogP contribution in [0.3, 0.4) is 0 Å². The summed E-state index contributed by atoms with van der Waals surface area (Å²) in [7, 11) is 1.51. The number of nitrogens with one attached hydrogen (secondary N) is 1. The Labute approximate surface area is 124 Å². The number of hydrogen-bond acceptors (Lipinski definition) is 4. The van der Waals surface area contributed by atoms with Crippen LogP contribution in [0.5, 0.6) is 11.5 Å². The van der Waals surface area contributed by atoms with Crippen LogP contribution in [0.1, 0.15) is 20.3 Å². The van der Waals surface area contributed by atoms with Gasteiger partial charge in [0.05, 0.1) is 7.11 Å². The number of benzene rings is 1. The van der Waals surface area contributed by atoms with Crippen LogP contribution in [0.4, 0.5) is 0 Å². The van der Waals surface area contributed by atoms with Crippen LogP contribution >= 0.6 is 0 Å². The van der Waals surface area contributed by atoms with Crippen molar-refractivity contribution in [2.45, 2.75) is 26.3 Å². The number of hydrogen-bond donors (Lipinski definition) is 2. The summed E-state index contributed by atoms with van der Waals surface area (Å²) in [6.45, 7) is 3.39. The van der Waals surface area contributed by atoms with Gasteiger partial charge in [0.25, 0.3) is 5.91 Å². The normalized spacial score (nSPS) is 13.1. The number of rotatable bonds is 8. The molecule has 2 N–H and O–H groups in total. The van der Waals surface area contributed by atoms with E-state index in [1.807, 2.05) is 6.92 Å². The number of carboxylic acid groups (broad SMARTS) is 1. The first-order valence-corrected chi connectivity index (χ1v) is 6.77. The summed E-state index contributed by atoms with van der Waals surface area (Å²) >= 11 is 0. The van der Waals surface area contributed by atoms with Gasteiger partial charge in [0.2, 0.25) is 0 Å². The molecule has 0 heterocycles. The molecule has 0 saturated carbocycles. The smallest absolute Gasteiger partial charge is 0.326 e. The molecule has 116 valence electrons. The topological polar surface area (TPSA) is 84.9 Å². The largest absolute Gasteiger partial charge is 0.493 e. The highest BCUT2D eigenvalue weighted by Crippen LogP contribution is 2.25. The molecule has 1 amide bonds. The zero-order chi connectivity index (χ0) is 15.8. The van der Waals surface area contributed by atoms with Crippen molar-refractivity contribution in [3.63, 3.8) is 0 Å². The molecule has 0 spiro atoms. The van der Waals surface area contributed by atoms with E-state index >= 15 is 0 Å². The van der Waals surface area contributed by atoms with Gasteiger partial charge in [-0.15, -0.1) is 0 Å². The van der Waals surface area contributed by atoms with Crippen LogP contribution < -0.4 is 14.8 Å². The summed E-state index contributed by atoms with van der Waals surface area (Å²) in [5.74, 6) is -0.728. The second-order valence-corrected chi connectivity index (χ2v) is 4.71. The lowest BCUT2D eigenvalue weighted by molar-refractivity contribution is -0.143. The molecule has 0 aliphatic carbocycles. The highest BCUT2D eigenvalue weighted by Gasteiger charge is 2.25. The second-order valence-electron chi connectivity index (χ2n) is 4.71. The summed E-state index contributed by atoms with van der Waals surface area (Å²) in [4.78, 5) is 22.9. The summed E-state index contributed by atoms with van der Waals surface area (Å²) < 4.78 is 10.5. The van der Waals surface area contributed by atoms with Gasteiger partial charge in [-0.2, -0.15) is 0 Å². The first kappa shape index (κ1) is 16.8. The van der Waals surface area contributed by atoms with Crippen LogP contribution in [0.25, 0.3) is 0 Å². The molecule has 0 unspecified atom stereocenters. The minimum atomic E-state index is -1.05. The molecular formula is C15H21NO5. The highest BCUT2D eigenvalue weighted by molar-refractivity contribution is 5.84. The molecule has 0 bridgehead atoms. The molecular weight excluding hydrogens is 274 g/mol. The van der Waals surface area contributed by atoms with Crippen molar-refractivity contribution in [3.8, 4) is 11.5 Å². The monoisotopic (exact) mass is 295 g/mol. The van der Waals surface area contributed by atoms with Crippen molar-refractivity contribution >= 4 is 11.9 Å². The van der Waals surface area contributed by atoms with Crippen LogP contribution in [0, 0.1) is 5.92 Å². The molecule has 1 rings (SSSR count). The van der Waals surface area contributed by atoms with Crippen molar-refractivity contribution in [2.24, 2.45) is 5.92 Å². The van der Waals surface area contributed by atoms with Crippen LogP contribution in [-0.4, -0.2) is 36.7 Å². The summed E-state index contributed by atoms with van der Waals surface area (Å²) in [5, 5.41) is 11.6. The number of carboxylic acids is 1. The van der Waals surface area contributed by atoms with Crippen LogP contribution in [0.2, 0.25) is 0 Å². The van der Waals surface area contributed by atoms with E-state index in [-0.39, 0.29) is 12.5 Å². The van der Waals surface area contributed by atoms with Gasteiger partial charge in [0.1, 0.15) is 6.04 Å². The van der Waals surface area contributed by atoms with E-state index in [0.29, 0.717) is 17.9 Å². The lowest BCUT2D eigenvalue weighted by Crippen LogP contribution is -2.46. The molecule has 0 aliphatic heterocycles. The van der Waals surface area contributed by atoms with Gasteiger partial charge in [0, 0.05) is 0 Å². The molecule has 6 nitrogen and oxygen atoms in total. The maximum atomic E-state index is 11.8. The number of aliphatic carboxylic acids is 1. The van der Waals surface area contributed by atoms with Gasteiger partial charge in [-0.3, -0.25) is 4.79 Å². The molecule has 0 saturated heterocycles. The Hall–Kier alpha value is -2.24. The number of carbonyl (C=O) groups excluding carboxylic acids is 1. The zero-order valence-electron chi connectivity index (χ0n) is 12.5. The third-order valence-electron chi connectivity index (χ3n) is 3.22. The Bertz CT molecular complexity index is 489. The van der Waals surface area contributed by atoms with Gasteiger partial charge in [-0.25, -0.2) is 4.79 Å². The maximum Gasteiger partial charge on any atom is 0.326 e. The fourth-order valence-electron chi connectivity index (χ4n) is 1.78. The average molecular weight is 295 g/mol. The fourth-order valence-corrected chi connectivity index (χ4v) is 1.78. The third kappa shape index (κ3) is 4.98. The molecule has 2 atom stereocenters. The minimum absolute atomic E-state index is 0.155. The summed E-state index contributed by atoms with van der Waals surface area (Å²) in [6.07, 6.45) is 0.657. The number of para-hydroxylation sites is 2. The third-order valence-corrected chi connectivity index (χ3v) is 3.22. The van der Waals surface area contributed by atoms with E-state index in [1.165, 1.54) is 7.11 Å². The lowest BCUT2D eigenvalue weighted by Gasteiger charge is -2.20. The summed E-state index contributed by atoms with van der Waals surface area (Å²) in [5.41, 5.74) is 0. The lowest BCUT2D eigenvalue weighted by atomic mass is 9.99. The molecule has 1 aromatic carbocycles. The average Bonchev–Trinajstić information content (AvgIpc) is 2.49. The predicted molar refractivity (Wildman–Crippen MR) is 77.5 cm³/mol. The van der Waals surface area contributed by atoms with E-state index in [2.05, 4.69) is 5.32 Å². The molecule has 6 heteroatoms. The van der Waals surface area contributed by atoms with Gasteiger partial charge < -0.3 is 19.9 Å². The van der Waals surface area contributed by atoms with Gasteiger partial charge in [0.15, 0.2) is 18.1 Å². The van der Waals surface area contributed by atoms with E-state index in [9.17, 15) is 9.59 Å². The summed E-state index contributed by atoms with van der Waals surface area (Å²) in [6, 6.07) is 6.02. The van der Waals surface area contributed by atoms with E-state index in [0.717, 1.165) is 0 Å². The van der Waals surface area contributed by atoms with Crippen molar-refractivity contribution in [1.29, 1.82) is 0 Å². The SMILES string of the molecule is CC[C@H](C)[C@H](NC(=O)COc1ccccc1OC)C(=O)O. The van der Waals surface area contributed by atoms with Gasteiger partial charge in [-0.05, 0) is 18.1 Å². The van der Waals surface area contributed by atoms with Crippen LogP contribution in [0.15, 0.2) is 24.3 Å². The van der Waals surface area contributed by atoms with E-state index < -0.39 is 17.9 Å². The fraction of sp³-hybridized carbons (Fsp3) is 0.467. The van der Waals surface area contributed by atoms with Crippen LogP contribution in [-0.2, 0) is 9.59 Å². The number of ether oxygens (including phenoxy) is 2. The molecule has 0 aliphatic rings. The first-order chi connectivity index (χ1) is 9.99. The quantitative estimate of drug-likeness (QED) is 0.762. The van der Waals surface area contributed by atoms with Crippen molar-refractivity contribution in [1.82, 2.24) is 5.32 Å². The molecule has 0 fully saturated rings. The van der Waals surface area contributed by atoms with Crippen molar-refractivity contribution in [2.75, 3.05) is 13.7 Å². The predicted octanol–water partition coefficient (Wildman–Crippen LogP) is 1.69. The molecule has 1 aromatic rings. The zero-order valence-corrected chi connectivity index (χ0v) is 12.5.